The highest BCUT2D eigenvalue weighted by molar-refractivity contribution is 7.98. The van der Waals surface area contributed by atoms with Gasteiger partial charge in [0.15, 0.2) is 16.8 Å². The number of ether oxygens (including phenoxy) is 1. The normalized spacial score (nSPS) is 11.0. The van der Waals surface area contributed by atoms with E-state index in [0.717, 1.165) is 51.3 Å². The standard InChI is InChI=1S/C23H27N3O2S/c1-7-26-22(18-10-8-9-11-20(18)28-6)24-25-23(26)29-13-19-14(2)12-15(3)21(16(19)4)17(5)27/h8-12H,7,13H2,1-6H3. The number of thioether (sulfide) groups is 1. The molecule has 0 amide bonds. The van der Waals surface area contributed by atoms with E-state index in [1.54, 1.807) is 25.8 Å². The lowest BCUT2D eigenvalue weighted by Gasteiger charge is -2.16. The molecule has 0 saturated heterocycles. The second-order valence-electron chi connectivity index (χ2n) is 7.08. The molecule has 2 aromatic carbocycles. The number of methoxy groups -OCH3 is 1. The van der Waals surface area contributed by atoms with Gasteiger partial charge < -0.3 is 9.30 Å². The van der Waals surface area contributed by atoms with Crippen molar-refractivity contribution in [2.45, 2.75) is 52.1 Å². The highest BCUT2D eigenvalue weighted by Gasteiger charge is 2.18. The van der Waals surface area contributed by atoms with Crippen molar-refractivity contribution >= 4 is 17.5 Å². The van der Waals surface area contributed by atoms with Crippen molar-refractivity contribution in [3.05, 3.63) is 58.1 Å². The molecule has 0 fully saturated rings. The highest BCUT2D eigenvalue weighted by Crippen LogP contribution is 2.33. The smallest absolute Gasteiger partial charge is 0.191 e. The monoisotopic (exact) mass is 409 g/mol. The number of para-hydroxylation sites is 1. The summed E-state index contributed by atoms with van der Waals surface area (Å²) in [6.07, 6.45) is 0. The fourth-order valence-electron chi connectivity index (χ4n) is 3.84. The molecule has 29 heavy (non-hydrogen) atoms. The summed E-state index contributed by atoms with van der Waals surface area (Å²) < 4.78 is 7.60. The van der Waals surface area contributed by atoms with Gasteiger partial charge in [0.2, 0.25) is 0 Å². The Morgan fingerprint density at radius 3 is 2.52 bits per heavy atom. The summed E-state index contributed by atoms with van der Waals surface area (Å²) in [6, 6.07) is 9.95. The highest BCUT2D eigenvalue weighted by atomic mass is 32.2. The molecule has 0 atom stereocenters. The van der Waals surface area contributed by atoms with Crippen molar-refractivity contribution in [3.63, 3.8) is 0 Å². The van der Waals surface area contributed by atoms with Gasteiger partial charge in [-0.05, 0) is 69.0 Å². The Morgan fingerprint density at radius 1 is 1.14 bits per heavy atom. The zero-order chi connectivity index (χ0) is 21.1. The molecule has 0 N–H and O–H groups in total. The Morgan fingerprint density at radius 2 is 1.86 bits per heavy atom. The molecular formula is C23H27N3O2S. The lowest BCUT2D eigenvalue weighted by molar-refractivity contribution is 0.101. The predicted molar refractivity (Wildman–Crippen MR) is 118 cm³/mol. The second-order valence-corrected chi connectivity index (χ2v) is 8.03. The van der Waals surface area contributed by atoms with Crippen LogP contribution in [0, 0.1) is 20.8 Å². The molecule has 0 bridgehead atoms. The van der Waals surface area contributed by atoms with Crippen LogP contribution in [-0.4, -0.2) is 27.7 Å². The molecule has 0 aliphatic carbocycles. The minimum atomic E-state index is 0.112. The number of ketones is 1. The molecule has 152 valence electrons. The summed E-state index contributed by atoms with van der Waals surface area (Å²) in [5, 5.41) is 9.74. The minimum absolute atomic E-state index is 0.112. The van der Waals surface area contributed by atoms with Crippen LogP contribution in [0.1, 0.15) is 46.5 Å². The number of aromatic nitrogens is 3. The van der Waals surface area contributed by atoms with Crippen molar-refractivity contribution in [2.75, 3.05) is 7.11 Å². The number of rotatable bonds is 7. The Labute approximate surface area is 176 Å². The van der Waals surface area contributed by atoms with Crippen LogP contribution in [0.3, 0.4) is 0 Å². The maximum atomic E-state index is 12.1. The van der Waals surface area contributed by atoms with Gasteiger partial charge >= 0.3 is 0 Å². The average molecular weight is 410 g/mol. The summed E-state index contributed by atoms with van der Waals surface area (Å²) in [6.45, 7) is 10.6. The number of aryl methyl sites for hydroxylation is 2. The number of nitrogens with zero attached hydrogens (tertiary/aromatic N) is 3. The minimum Gasteiger partial charge on any atom is -0.496 e. The van der Waals surface area contributed by atoms with Gasteiger partial charge in [0, 0.05) is 17.9 Å². The van der Waals surface area contributed by atoms with E-state index in [2.05, 4.69) is 34.7 Å². The summed E-state index contributed by atoms with van der Waals surface area (Å²) >= 11 is 1.65. The van der Waals surface area contributed by atoms with Gasteiger partial charge in [0.25, 0.3) is 0 Å². The molecule has 6 heteroatoms. The van der Waals surface area contributed by atoms with Crippen LogP contribution in [0.25, 0.3) is 11.4 Å². The number of benzene rings is 2. The largest absolute Gasteiger partial charge is 0.496 e. The van der Waals surface area contributed by atoms with Gasteiger partial charge in [0.05, 0.1) is 12.7 Å². The van der Waals surface area contributed by atoms with Crippen molar-refractivity contribution in [1.29, 1.82) is 0 Å². The van der Waals surface area contributed by atoms with Gasteiger partial charge in [-0.15, -0.1) is 10.2 Å². The zero-order valence-electron chi connectivity index (χ0n) is 17.9. The molecule has 3 rings (SSSR count). The number of hydrogen-bond acceptors (Lipinski definition) is 5. The summed E-state index contributed by atoms with van der Waals surface area (Å²) in [5.74, 6) is 2.43. The van der Waals surface area contributed by atoms with Crippen LogP contribution in [-0.2, 0) is 12.3 Å². The molecule has 1 heterocycles. The molecular weight excluding hydrogens is 382 g/mol. The van der Waals surface area contributed by atoms with Crippen molar-refractivity contribution in [3.8, 4) is 17.1 Å². The summed E-state index contributed by atoms with van der Waals surface area (Å²) in [7, 11) is 1.66. The van der Waals surface area contributed by atoms with Crippen molar-refractivity contribution in [1.82, 2.24) is 14.8 Å². The molecule has 0 saturated carbocycles. The van der Waals surface area contributed by atoms with Crippen LogP contribution in [0.15, 0.2) is 35.5 Å². The third kappa shape index (κ3) is 4.08. The number of carbonyl (C=O) groups is 1. The van der Waals surface area contributed by atoms with E-state index >= 15 is 0 Å². The van der Waals surface area contributed by atoms with Crippen LogP contribution >= 0.6 is 11.8 Å². The Hall–Kier alpha value is -2.60. The lowest BCUT2D eigenvalue weighted by Crippen LogP contribution is -2.06. The van der Waals surface area contributed by atoms with Crippen LogP contribution in [0.2, 0.25) is 0 Å². The third-order valence-corrected chi connectivity index (χ3v) is 6.20. The molecule has 0 aliphatic rings. The lowest BCUT2D eigenvalue weighted by atomic mass is 9.92. The Bertz CT molecular complexity index is 1060. The van der Waals surface area contributed by atoms with Crippen LogP contribution in [0.5, 0.6) is 5.75 Å². The van der Waals surface area contributed by atoms with Gasteiger partial charge in [-0.1, -0.05) is 30.0 Å². The van der Waals surface area contributed by atoms with E-state index in [1.807, 2.05) is 38.1 Å². The number of Topliss-reactive ketones (excluding diaryl/α,β-unsaturated/α-hetero) is 1. The van der Waals surface area contributed by atoms with Crippen molar-refractivity contribution < 1.29 is 9.53 Å². The molecule has 1 aromatic heterocycles. The summed E-state index contributed by atoms with van der Waals surface area (Å²) in [4.78, 5) is 12.1. The zero-order valence-corrected chi connectivity index (χ0v) is 18.7. The van der Waals surface area contributed by atoms with E-state index < -0.39 is 0 Å². The molecule has 0 unspecified atom stereocenters. The van der Waals surface area contributed by atoms with Gasteiger partial charge in [0.1, 0.15) is 5.75 Å². The van der Waals surface area contributed by atoms with Crippen LogP contribution in [0.4, 0.5) is 0 Å². The summed E-state index contributed by atoms with van der Waals surface area (Å²) in [5.41, 5.74) is 6.25. The van der Waals surface area contributed by atoms with E-state index in [4.69, 9.17) is 4.74 Å². The molecule has 0 radical (unpaired) electrons. The van der Waals surface area contributed by atoms with E-state index in [1.165, 1.54) is 11.1 Å². The van der Waals surface area contributed by atoms with Gasteiger partial charge in [-0.25, -0.2) is 0 Å². The first kappa shape index (κ1) is 21.1. The van der Waals surface area contributed by atoms with Crippen LogP contribution < -0.4 is 4.74 Å². The van der Waals surface area contributed by atoms with E-state index in [-0.39, 0.29) is 5.78 Å². The molecule has 3 aromatic rings. The first-order valence-corrected chi connectivity index (χ1v) is 10.7. The molecule has 0 spiro atoms. The quantitative estimate of drug-likeness (QED) is 0.387. The predicted octanol–water partition coefficient (Wildman–Crippen LogP) is 5.39. The van der Waals surface area contributed by atoms with Gasteiger partial charge in [-0.3, -0.25) is 4.79 Å². The average Bonchev–Trinajstić information content (AvgIpc) is 3.09. The fourth-order valence-corrected chi connectivity index (χ4v) is 5.02. The molecule has 5 nitrogen and oxygen atoms in total. The third-order valence-electron chi connectivity index (χ3n) is 5.21. The number of carbonyl (C=O) groups excluding carboxylic acids is 1. The first-order valence-electron chi connectivity index (χ1n) is 9.69. The Kier molecular flexibility index (Phi) is 6.42. The van der Waals surface area contributed by atoms with E-state index in [9.17, 15) is 4.79 Å². The van der Waals surface area contributed by atoms with E-state index in [0.29, 0.717) is 0 Å². The second kappa shape index (κ2) is 8.82. The first-order chi connectivity index (χ1) is 13.9. The Balaban J connectivity index is 1.95. The number of hydrogen-bond donors (Lipinski definition) is 0. The SMILES string of the molecule is CCn1c(SCc2c(C)cc(C)c(C(C)=O)c2C)nnc1-c1ccccc1OC. The topological polar surface area (TPSA) is 57.0 Å². The maximum Gasteiger partial charge on any atom is 0.191 e. The van der Waals surface area contributed by atoms with Gasteiger partial charge in [-0.2, -0.15) is 0 Å². The van der Waals surface area contributed by atoms with Crippen molar-refractivity contribution in [2.24, 2.45) is 0 Å². The fraction of sp³-hybridized carbons (Fsp3) is 0.348. The maximum absolute atomic E-state index is 12.1. The molecule has 0 aliphatic heterocycles.